The topological polar surface area (TPSA) is 78.8 Å². The summed E-state index contributed by atoms with van der Waals surface area (Å²) in [6.07, 6.45) is 0.822. The van der Waals surface area contributed by atoms with Gasteiger partial charge in [0.2, 0.25) is 0 Å². The van der Waals surface area contributed by atoms with E-state index >= 15 is 0 Å². The fourth-order valence-corrected chi connectivity index (χ4v) is 1.78. The molecule has 0 heterocycles. The molecule has 0 spiro atoms. The molecule has 1 fully saturated rings. The van der Waals surface area contributed by atoms with Gasteiger partial charge in [-0.25, -0.2) is 4.79 Å². The van der Waals surface area contributed by atoms with Crippen molar-refractivity contribution in [3.8, 4) is 0 Å². The summed E-state index contributed by atoms with van der Waals surface area (Å²) in [5.41, 5.74) is -1.25. The number of rotatable bonds is 3. The maximum absolute atomic E-state index is 11.6. The number of aliphatic hydroxyl groups excluding tert-OH is 2. The normalized spacial score (nSPS) is 20.8. The van der Waals surface area contributed by atoms with E-state index in [1.165, 1.54) is 0 Å². The number of amides is 1. The van der Waals surface area contributed by atoms with Crippen LogP contribution in [0.15, 0.2) is 0 Å². The van der Waals surface area contributed by atoms with E-state index in [-0.39, 0.29) is 6.61 Å². The molecule has 0 aliphatic heterocycles. The van der Waals surface area contributed by atoms with Crippen LogP contribution in [-0.4, -0.2) is 40.2 Å². The van der Waals surface area contributed by atoms with Crippen LogP contribution in [0.25, 0.3) is 0 Å². The standard InChI is InChI=1S/C11H21NO4/c1-10(2,3)16-9(15)12-11(5-4-6-11)8(14)7-13/h8,13-14H,4-7H2,1-3H3,(H,12,15). The van der Waals surface area contributed by atoms with Gasteiger partial charge < -0.3 is 20.3 Å². The number of hydrogen-bond acceptors (Lipinski definition) is 4. The van der Waals surface area contributed by atoms with E-state index in [4.69, 9.17) is 9.84 Å². The maximum atomic E-state index is 11.6. The lowest BCUT2D eigenvalue weighted by Gasteiger charge is -2.45. The Hall–Kier alpha value is -0.810. The number of carbonyl (C=O) groups excluding carboxylic acids is 1. The summed E-state index contributed by atoms with van der Waals surface area (Å²) in [5.74, 6) is 0. The fraction of sp³-hybridized carbons (Fsp3) is 0.909. The van der Waals surface area contributed by atoms with E-state index in [2.05, 4.69) is 5.32 Å². The molecule has 1 atom stereocenters. The molecular formula is C11H21NO4. The number of ether oxygens (including phenoxy) is 1. The number of alkyl carbamates (subject to hydrolysis) is 1. The van der Waals surface area contributed by atoms with Gasteiger partial charge in [0.15, 0.2) is 0 Å². The van der Waals surface area contributed by atoms with Gasteiger partial charge in [0.05, 0.1) is 12.1 Å². The van der Waals surface area contributed by atoms with Crippen LogP contribution in [0.1, 0.15) is 40.0 Å². The highest BCUT2D eigenvalue weighted by atomic mass is 16.6. The van der Waals surface area contributed by atoms with Gasteiger partial charge in [0.1, 0.15) is 11.7 Å². The van der Waals surface area contributed by atoms with E-state index in [1.807, 2.05) is 0 Å². The van der Waals surface area contributed by atoms with E-state index in [0.717, 1.165) is 6.42 Å². The smallest absolute Gasteiger partial charge is 0.408 e. The van der Waals surface area contributed by atoms with Gasteiger partial charge >= 0.3 is 6.09 Å². The van der Waals surface area contributed by atoms with Crippen molar-refractivity contribution in [3.05, 3.63) is 0 Å². The van der Waals surface area contributed by atoms with Crippen molar-refractivity contribution in [1.29, 1.82) is 0 Å². The van der Waals surface area contributed by atoms with Gasteiger partial charge in [-0.05, 0) is 40.0 Å². The van der Waals surface area contributed by atoms with Gasteiger partial charge in [-0.2, -0.15) is 0 Å². The molecule has 1 amide bonds. The molecule has 1 rings (SSSR count). The Morgan fingerprint density at radius 1 is 1.50 bits per heavy atom. The molecular weight excluding hydrogens is 210 g/mol. The number of carbonyl (C=O) groups is 1. The molecule has 0 aromatic carbocycles. The Morgan fingerprint density at radius 2 is 2.06 bits per heavy atom. The molecule has 5 nitrogen and oxygen atoms in total. The average Bonchev–Trinajstić information content (AvgIpc) is 2.07. The van der Waals surface area contributed by atoms with Crippen molar-refractivity contribution in [2.24, 2.45) is 0 Å². The monoisotopic (exact) mass is 231 g/mol. The molecule has 3 N–H and O–H groups in total. The van der Waals surface area contributed by atoms with E-state index in [9.17, 15) is 9.90 Å². The third-order valence-corrected chi connectivity index (χ3v) is 2.81. The van der Waals surface area contributed by atoms with E-state index in [1.54, 1.807) is 20.8 Å². The second-order valence-electron chi connectivity index (χ2n) is 5.33. The summed E-state index contributed by atoms with van der Waals surface area (Å²) in [6.45, 7) is 4.99. The second-order valence-corrected chi connectivity index (χ2v) is 5.33. The Balaban J connectivity index is 2.54. The first-order chi connectivity index (χ1) is 7.29. The zero-order chi connectivity index (χ0) is 12.4. The van der Waals surface area contributed by atoms with Crippen molar-refractivity contribution in [1.82, 2.24) is 5.32 Å². The minimum absolute atomic E-state index is 0.351. The Labute approximate surface area is 95.8 Å². The molecule has 94 valence electrons. The fourth-order valence-electron chi connectivity index (χ4n) is 1.78. The minimum atomic E-state index is -0.922. The molecule has 16 heavy (non-hydrogen) atoms. The van der Waals surface area contributed by atoms with Gasteiger partial charge in [-0.15, -0.1) is 0 Å². The van der Waals surface area contributed by atoms with Crippen LogP contribution in [0.2, 0.25) is 0 Å². The number of hydrogen-bond donors (Lipinski definition) is 3. The van der Waals surface area contributed by atoms with Crippen molar-refractivity contribution in [2.75, 3.05) is 6.61 Å². The molecule has 1 saturated carbocycles. The number of aliphatic hydroxyl groups is 2. The lowest BCUT2D eigenvalue weighted by Crippen LogP contribution is -2.62. The molecule has 5 heteroatoms. The summed E-state index contributed by atoms with van der Waals surface area (Å²) < 4.78 is 5.12. The summed E-state index contributed by atoms with van der Waals surface area (Å²) in [6, 6.07) is 0. The third-order valence-electron chi connectivity index (χ3n) is 2.81. The molecule has 0 bridgehead atoms. The first-order valence-corrected chi connectivity index (χ1v) is 5.59. The minimum Gasteiger partial charge on any atom is -0.444 e. The number of nitrogens with one attached hydrogen (secondary N) is 1. The van der Waals surface area contributed by atoms with Gasteiger partial charge in [-0.1, -0.05) is 0 Å². The Morgan fingerprint density at radius 3 is 2.38 bits per heavy atom. The zero-order valence-corrected chi connectivity index (χ0v) is 10.1. The SMILES string of the molecule is CC(C)(C)OC(=O)NC1(C(O)CO)CCC1. The van der Waals surface area contributed by atoms with Gasteiger partial charge in [-0.3, -0.25) is 0 Å². The van der Waals surface area contributed by atoms with E-state index < -0.39 is 23.3 Å². The molecule has 1 aliphatic rings. The first kappa shape index (κ1) is 13.3. The first-order valence-electron chi connectivity index (χ1n) is 5.59. The summed E-state index contributed by atoms with van der Waals surface area (Å²) in [5, 5.41) is 21.3. The van der Waals surface area contributed by atoms with Crippen molar-refractivity contribution in [3.63, 3.8) is 0 Å². The molecule has 1 unspecified atom stereocenters. The van der Waals surface area contributed by atoms with Gasteiger partial charge in [0, 0.05) is 0 Å². The summed E-state index contributed by atoms with van der Waals surface area (Å²) in [7, 11) is 0. The average molecular weight is 231 g/mol. The zero-order valence-electron chi connectivity index (χ0n) is 10.1. The maximum Gasteiger partial charge on any atom is 0.408 e. The molecule has 0 saturated heterocycles. The second kappa shape index (κ2) is 4.59. The predicted molar refractivity (Wildman–Crippen MR) is 59.0 cm³/mol. The summed E-state index contributed by atoms with van der Waals surface area (Å²) >= 11 is 0. The van der Waals surface area contributed by atoms with Crippen molar-refractivity contribution >= 4 is 6.09 Å². The van der Waals surface area contributed by atoms with Crippen LogP contribution in [-0.2, 0) is 4.74 Å². The predicted octanol–water partition coefficient (Wildman–Crippen LogP) is 0.787. The molecule has 0 radical (unpaired) electrons. The van der Waals surface area contributed by atoms with Crippen LogP contribution >= 0.6 is 0 Å². The Kier molecular flexibility index (Phi) is 3.80. The van der Waals surface area contributed by atoms with Gasteiger partial charge in [0.25, 0.3) is 0 Å². The van der Waals surface area contributed by atoms with Crippen LogP contribution < -0.4 is 5.32 Å². The highest BCUT2D eigenvalue weighted by Crippen LogP contribution is 2.35. The highest BCUT2D eigenvalue weighted by Gasteiger charge is 2.45. The molecule has 1 aliphatic carbocycles. The van der Waals surface area contributed by atoms with Crippen molar-refractivity contribution in [2.45, 2.75) is 57.3 Å². The van der Waals surface area contributed by atoms with Crippen LogP contribution in [0.3, 0.4) is 0 Å². The molecule has 0 aromatic heterocycles. The molecule has 0 aromatic rings. The Bertz CT molecular complexity index is 255. The van der Waals surface area contributed by atoms with Crippen LogP contribution in [0.4, 0.5) is 4.79 Å². The van der Waals surface area contributed by atoms with Crippen LogP contribution in [0, 0.1) is 0 Å². The summed E-state index contributed by atoms with van der Waals surface area (Å²) in [4.78, 5) is 11.6. The van der Waals surface area contributed by atoms with Crippen LogP contribution in [0.5, 0.6) is 0 Å². The highest BCUT2D eigenvalue weighted by molar-refractivity contribution is 5.69. The largest absolute Gasteiger partial charge is 0.444 e. The lowest BCUT2D eigenvalue weighted by atomic mass is 9.73. The van der Waals surface area contributed by atoms with Crippen molar-refractivity contribution < 1.29 is 19.7 Å². The lowest BCUT2D eigenvalue weighted by molar-refractivity contribution is -0.0330. The van der Waals surface area contributed by atoms with E-state index in [0.29, 0.717) is 12.8 Å². The quantitative estimate of drug-likeness (QED) is 0.671. The third kappa shape index (κ3) is 3.09.